The summed E-state index contributed by atoms with van der Waals surface area (Å²) in [5.74, 6) is -0.604. The molecule has 0 aromatic heterocycles. The van der Waals surface area contributed by atoms with E-state index in [1.165, 1.54) is 19.1 Å². The monoisotopic (exact) mass is 396 g/mol. The van der Waals surface area contributed by atoms with Crippen molar-refractivity contribution in [2.45, 2.75) is 18.7 Å². The molecular weight excluding hydrogens is 380 g/mol. The van der Waals surface area contributed by atoms with Gasteiger partial charge in [0, 0.05) is 33.2 Å². The van der Waals surface area contributed by atoms with Crippen LogP contribution in [-0.4, -0.2) is 24.0 Å². The van der Waals surface area contributed by atoms with Crippen LogP contribution in [0.1, 0.15) is 12.5 Å². The Hall–Kier alpha value is -3.16. The summed E-state index contributed by atoms with van der Waals surface area (Å²) in [6.45, 7) is 6.81. The molecule has 0 heterocycles. The molecule has 0 amide bonds. The minimum atomic E-state index is -4.46. The fourth-order valence-electron chi connectivity index (χ4n) is 3.56. The Labute approximate surface area is 160 Å². The molecule has 0 aliphatic rings. The van der Waals surface area contributed by atoms with Crippen LogP contribution in [0.25, 0.3) is 32.3 Å². The van der Waals surface area contributed by atoms with E-state index < -0.39 is 16.1 Å². The second-order valence-electron chi connectivity index (χ2n) is 6.80. The van der Waals surface area contributed by atoms with Crippen LogP contribution in [0.4, 0.5) is 0 Å². The van der Waals surface area contributed by atoms with Gasteiger partial charge < -0.3 is 9.84 Å². The molecule has 4 rings (SSSR count). The number of benzene rings is 4. The van der Waals surface area contributed by atoms with Gasteiger partial charge in [0.15, 0.2) is 0 Å². The van der Waals surface area contributed by atoms with Crippen LogP contribution >= 0.6 is 0 Å². The average molecular weight is 396 g/mol. The van der Waals surface area contributed by atoms with E-state index in [9.17, 15) is 22.9 Å². The highest BCUT2D eigenvalue weighted by Gasteiger charge is 2.22. The highest BCUT2D eigenvalue weighted by Crippen LogP contribution is 2.45. The normalized spacial score (nSPS) is 12.1. The molecule has 0 bridgehead atoms. The lowest BCUT2D eigenvalue weighted by atomic mass is 9.91. The summed E-state index contributed by atoms with van der Waals surface area (Å²) < 4.78 is 38.9. The van der Waals surface area contributed by atoms with E-state index in [-0.39, 0.29) is 22.0 Å². The summed E-state index contributed by atoms with van der Waals surface area (Å²) in [4.78, 5) is 11.8. The van der Waals surface area contributed by atoms with Crippen molar-refractivity contribution in [3.63, 3.8) is 0 Å². The summed E-state index contributed by atoms with van der Waals surface area (Å²) in [6, 6.07) is 9.44. The van der Waals surface area contributed by atoms with Crippen molar-refractivity contribution in [1.29, 1.82) is 0 Å². The molecule has 6 nitrogen and oxygen atoms in total. The zero-order valence-electron chi connectivity index (χ0n) is 15.1. The molecule has 4 aromatic carbocycles. The first-order chi connectivity index (χ1) is 13.1. The van der Waals surface area contributed by atoms with Gasteiger partial charge in [-0.25, -0.2) is 4.79 Å². The summed E-state index contributed by atoms with van der Waals surface area (Å²) in [7, 11) is -4.46. The van der Waals surface area contributed by atoms with Crippen LogP contribution in [0.15, 0.2) is 53.4 Å². The van der Waals surface area contributed by atoms with Gasteiger partial charge in [-0.05, 0) is 48.4 Å². The Kier molecular flexibility index (Phi) is 3.85. The number of aromatic hydroxyl groups is 1. The number of hydrogen-bond donors (Lipinski definition) is 2. The van der Waals surface area contributed by atoms with Crippen LogP contribution in [0.3, 0.4) is 0 Å². The largest absolute Gasteiger partial charge is 0.507 e. The molecule has 28 heavy (non-hydrogen) atoms. The average Bonchev–Trinajstić information content (AvgIpc) is 2.61. The highest BCUT2D eigenvalue weighted by atomic mass is 32.2. The Bertz CT molecular complexity index is 1420. The molecule has 142 valence electrons. The number of carbonyl (C=O) groups is 1. The minimum absolute atomic E-state index is 0.110. The number of phenolic OH excluding ortho intramolecular Hbond substituents is 1. The number of aryl methyl sites for hydroxylation is 1. The van der Waals surface area contributed by atoms with Crippen molar-refractivity contribution < 1.29 is 27.6 Å². The maximum absolute atomic E-state index is 12.0. The standard InChI is InChI=1S/C21H16O6S/c1-10(2)21(23)27-17-9-16(22)13-5-7-15-18(28(24,25)26)8-11(3)12-4-6-14(17)20(13)19(12)15/h4-9,22H,1H2,2-3H3,(H,24,25,26). The number of ether oxygens (including phenoxy) is 1. The lowest BCUT2D eigenvalue weighted by Crippen LogP contribution is -2.08. The summed E-state index contributed by atoms with van der Waals surface area (Å²) in [5.41, 5.74) is 0.855. The first kappa shape index (κ1) is 18.2. The maximum atomic E-state index is 12.0. The van der Waals surface area contributed by atoms with Crippen LogP contribution < -0.4 is 4.74 Å². The Morgan fingerprint density at radius 1 is 1.00 bits per heavy atom. The molecule has 4 aromatic rings. The van der Waals surface area contributed by atoms with Crippen LogP contribution in [0.5, 0.6) is 11.5 Å². The summed E-state index contributed by atoms with van der Waals surface area (Å²) >= 11 is 0. The van der Waals surface area contributed by atoms with Crippen molar-refractivity contribution in [1.82, 2.24) is 0 Å². The smallest absolute Gasteiger partial charge is 0.338 e. The quantitative estimate of drug-likeness (QED) is 0.176. The Morgan fingerprint density at radius 3 is 2.21 bits per heavy atom. The Balaban J connectivity index is 2.22. The van der Waals surface area contributed by atoms with E-state index >= 15 is 0 Å². The van der Waals surface area contributed by atoms with Crippen LogP contribution in [-0.2, 0) is 14.9 Å². The van der Waals surface area contributed by atoms with E-state index in [1.807, 2.05) is 0 Å². The van der Waals surface area contributed by atoms with Crippen LogP contribution in [0, 0.1) is 6.92 Å². The summed E-state index contributed by atoms with van der Waals surface area (Å²) in [5, 5.41) is 13.7. The van der Waals surface area contributed by atoms with Crippen molar-refractivity contribution in [3.8, 4) is 11.5 Å². The van der Waals surface area contributed by atoms with Gasteiger partial charge in [0.2, 0.25) is 0 Å². The lowest BCUT2D eigenvalue weighted by molar-refractivity contribution is -0.129. The van der Waals surface area contributed by atoms with E-state index in [0.717, 1.165) is 5.39 Å². The molecule has 7 heteroatoms. The molecule has 0 saturated heterocycles. The zero-order valence-corrected chi connectivity index (χ0v) is 15.9. The van der Waals surface area contributed by atoms with Gasteiger partial charge in [-0.3, -0.25) is 4.55 Å². The molecular formula is C21H16O6S. The molecule has 0 aliphatic heterocycles. The molecule has 0 unspecified atom stereocenters. The molecule has 2 N–H and O–H groups in total. The second kappa shape index (κ2) is 5.92. The number of carbonyl (C=O) groups excluding carboxylic acids is 1. The van der Waals surface area contributed by atoms with Gasteiger partial charge in [-0.15, -0.1) is 0 Å². The zero-order chi connectivity index (χ0) is 20.4. The predicted octanol–water partition coefficient (Wildman–Crippen LogP) is 4.33. The molecule has 0 atom stereocenters. The highest BCUT2D eigenvalue weighted by molar-refractivity contribution is 7.86. The van der Waals surface area contributed by atoms with Gasteiger partial charge in [-0.1, -0.05) is 18.7 Å². The van der Waals surface area contributed by atoms with Gasteiger partial charge in [-0.2, -0.15) is 8.42 Å². The fraction of sp³-hybridized carbons (Fsp3) is 0.0952. The number of hydrogen-bond acceptors (Lipinski definition) is 5. The number of rotatable bonds is 3. The molecule has 0 aliphatic carbocycles. The predicted molar refractivity (Wildman–Crippen MR) is 107 cm³/mol. The van der Waals surface area contributed by atoms with Gasteiger partial charge in [0.1, 0.15) is 16.4 Å². The third-order valence-electron chi connectivity index (χ3n) is 4.84. The van der Waals surface area contributed by atoms with E-state index in [2.05, 4.69) is 6.58 Å². The molecule has 0 spiro atoms. The molecule has 0 radical (unpaired) electrons. The van der Waals surface area contributed by atoms with Crippen molar-refractivity contribution >= 4 is 48.4 Å². The van der Waals surface area contributed by atoms with E-state index in [1.54, 1.807) is 31.2 Å². The van der Waals surface area contributed by atoms with Gasteiger partial charge >= 0.3 is 5.97 Å². The van der Waals surface area contributed by atoms with Gasteiger partial charge in [0.25, 0.3) is 10.1 Å². The lowest BCUT2D eigenvalue weighted by Gasteiger charge is -2.17. The van der Waals surface area contributed by atoms with Crippen molar-refractivity contribution in [2.24, 2.45) is 0 Å². The third kappa shape index (κ3) is 2.59. The Morgan fingerprint density at radius 2 is 1.57 bits per heavy atom. The second-order valence-corrected chi connectivity index (χ2v) is 8.19. The maximum Gasteiger partial charge on any atom is 0.338 e. The number of esters is 1. The summed E-state index contributed by atoms with van der Waals surface area (Å²) in [6.07, 6.45) is 0. The topological polar surface area (TPSA) is 101 Å². The van der Waals surface area contributed by atoms with Crippen molar-refractivity contribution in [3.05, 3.63) is 54.1 Å². The fourth-order valence-corrected chi connectivity index (χ4v) is 4.34. The first-order valence-electron chi connectivity index (χ1n) is 8.39. The van der Waals surface area contributed by atoms with E-state index in [4.69, 9.17) is 4.74 Å². The number of phenols is 1. The van der Waals surface area contributed by atoms with Crippen LogP contribution in [0.2, 0.25) is 0 Å². The third-order valence-corrected chi connectivity index (χ3v) is 5.73. The van der Waals surface area contributed by atoms with E-state index in [0.29, 0.717) is 32.5 Å². The SMILES string of the molecule is C=C(C)C(=O)Oc1cc(O)c2ccc3c(S(=O)(=O)O)cc(C)c4ccc1c2c43. The van der Waals surface area contributed by atoms with Crippen molar-refractivity contribution in [2.75, 3.05) is 0 Å². The minimum Gasteiger partial charge on any atom is -0.507 e. The molecule has 0 saturated carbocycles. The first-order valence-corrected chi connectivity index (χ1v) is 9.83. The molecule has 0 fully saturated rings. The van der Waals surface area contributed by atoms with Gasteiger partial charge in [0.05, 0.1) is 0 Å².